The molecule has 2 N–H and O–H groups in total. The number of aromatic amines is 1. The van der Waals surface area contributed by atoms with E-state index in [2.05, 4.69) is 20.6 Å². The summed E-state index contributed by atoms with van der Waals surface area (Å²) in [4.78, 5) is 25.8. The predicted octanol–water partition coefficient (Wildman–Crippen LogP) is 3.99. The van der Waals surface area contributed by atoms with Gasteiger partial charge in [0.05, 0.1) is 6.61 Å². The fourth-order valence-corrected chi connectivity index (χ4v) is 3.52. The molecule has 0 aliphatic heterocycles. The van der Waals surface area contributed by atoms with Crippen LogP contribution in [-0.4, -0.2) is 55.3 Å². The summed E-state index contributed by atoms with van der Waals surface area (Å²) in [7, 11) is 0. The van der Waals surface area contributed by atoms with Crippen molar-refractivity contribution in [2.45, 2.75) is 39.8 Å². The van der Waals surface area contributed by atoms with Crippen molar-refractivity contribution in [3.05, 3.63) is 54.1 Å². The van der Waals surface area contributed by atoms with Gasteiger partial charge in [0.15, 0.2) is 0 Å². The van der Waals surface area contributed by atoms with Gasteiger partial charge in [-0.05, 0) is 34.2 Å². The van der Waals surface area contributed by atoms with Gasteiger partial charge in [-0.3, -0.25) is 4.90 Å². The zero-order valence-corrected chi connectivity index (χ0v) is 18.4. The lowest BCUT2D eigenvalue weighted by atomic mass is 9.97. The summed E-state index contributed by atoms with van der Waals surface area (Å²) in [6, 6.07) is 14.3. The minimum atomic E-state index is -1.06. The van der Waals surface area contributed by atoms with Crippen LogP contribution in [0, 0.1) is 5.92 Å². The first-order chi connectivity index (χ1) is 15.4. The highest BCUT2D eigenvalue weighted by molar-refractivity contribution is 5.81. The number of carbonyl (C=O) groups is 2. The normalized spacial score (nSPS) is 11.9. The topological polar surface area (TPSA) is 121 Å². The smallest absolute Gasteiger partial charge is 0.410 e. The predicted molar refractivity (Wildman–Crippen MR) is 118 cm³/mol. The van der Waals surface area contributed by atoms with Crippen LogP contribution in [0.3, 0.4) is 0 Å². The van der Waals surface area contributed by atoms with E-state index in [1.54, 1.807) is 13.8 Å². The van der Waals surface area contributed by atoms with Crippen LogP contribution in [0.2, 0.25) is 0 Å². The van der Waals surface area contributed by atoms with E-state index in [0.717, 1.165) is 22.3 Å². The fraction of sp³-hybridized carbons (Fsp3) is 0.348. The van der Waals surface area contributed by atoms with Gasteiger partial charge in [0.1, 0.15) is 6.04 Å². The molecule has 0 aliphatic rings. The molecule has 0 aliphatic carbocycles. The van der Waals surface area contributed by atoms with Crippen LogP contribution in [0.1, 0.15) is 32.8 Å². The number of benzene rings is 2. The molecule has 0 saturated carbocycles. The molecular weight excluding hydrogens is 410 g/mol. The molecule has 0 bridgehead atoms. The van der Waals surface area contributed by atoms with Gasteiger partial charge in [-0.1, -0.05) is 69.3 Å². The minimum Gasteiger partial charge on any atom is -0.480 e. The number of rotatable bonds is 9. The second kappa shape index (κ2) is 10.5. The Morgan fingerprint density at radius 1 is 1.09 bits per heavy atom. The Bertz CT molecular complexity index is 1030. The van der Waals surface area contributed by atoms with Crippen molar-refractivity contribution in [1.29, 1.82) is 0 Å². The summed E-state index contributed by atoms with van der Waals surface area (Å²) in [5, 5.41) is 23.9. The Morgan fingerprint density at radius 2 is 1.78 bits per heavy atom. The Morgan fingerprint density at radius 3 is 2.34 bits per heavy atom. The van der Waals surface area contributed by atoms with E-state index in [0.29, 0.717) is 12.2 Å². The molecular formula is C23H27N5O4. The van der Waals surface area contributed by atoms with E-state index >= 15 is 0 Å². The molecule has 32 heavy (non-hydrogen) atoms. The van der Waals surface area contributed by atoms with E-state index < -0.39 is 18.1 Å². The lowest BCUT2D eigenvalue weighted by Gasteiger charge is -2.30. The van der Waals surface area contributed by atoms with E-state index in [4.69, 9.17) is 4.74 Å². The van der Waals surface area contributed by atoms with Crippen molar-refractivity contribution >= 4 is 12.1 Å². The number of aliphatic carboxylic acids is 1. The molecule has 1 atom stereocenters. The number of carboxylic acid groups (broad SMARTS) is 1. The zero-order valence-electron chi connectivity index (χ0n) is 18.4. The SMILES string of the molecule is CCCOC(=O)N(Cc1ccc(-c2ccccc2-c2nn[nH]n2)cc1)[C@H](C(=O)O)C(C)C. The standard InChI is InChI=1S/C23H27N5O4/c1-4-13-32-23(31)28(20(15(2)3)22(29)30)14-16-9-11-17(12-10-16)18-7-5-6-8-19(18)21-24-26-27-25-21/h5-12,15,20H,4,13-14H2,1-3H3,(H,29,30)(H,24,25,26,27)/t20-/m0/s1. The van der Waals surface area contributed by atoms with Crippen LogP contribution in [0.5, 0.6) is 0 Å². The molecule has 0 saturated heterocycles. The lowest BCUT2D eigenvalue weighted by Crippen LogP contribution is -2.47. The third kappa shape index (κ3) is 5.29. The molecule has 3 rings (SSSR count). The maximum atomic E-state index is 12.6. The van der Waals surface area contributed by atoms with Gasteiger partial charge >= 0.3 is 12.1 Å². The Kier molecular flexibility index (Phi) is 7.54. The van der Waals surface area contributed by atoms with Crippen LogP contribution >= 0.6 is 0 Å². The number of carboxylic acids is 1. The summed E-state index contributed by atoms with van der Waals surface area (Å²) < 4.78 is 5.26. The van der Waals surface area contributed by atoms with Gasteiger partial charge < -0.3 is 9.84 Å². The average molecular weight is 438 g/mol. The van der Waals surface area contributed by atoms with Crippen LogP contribution in [0.15, 0.2) is 48.5 Å². The zero-order chi connectivity index (χ0) is 23.1. The van der Waals surface area contributed by atoms with E-state index in [9.17, 15) is 14.7 Å². The Labute approximate surface area is 186 Å². The van der Waals surface area contributed by atoms with Crippen molar-refractivity contribution in [2.24, 2.45) is 5.92 Å². The lowest BCUT2D eigenvalue weighted by molar-refractivity contribution is -0.144. The molecule has 1 heterocycles. The summed E-state index contributed by atoms with van der Waals surface area (Å²) in [6.45, 7) is 5.81. The number of aromatic nitrogens is 4. The van der Waals surface area contributed by atoms with Crippen molar-refractivity contribution in [3.8, 4) is 22.5 Å². The van der Waals surface area contributed by atoms with Crippen LogP contribution < -0.4 is 0 Å². The van der Waals surface area contributed by atoms with Gasteiger partial charge in [-0.15, -0.1) is 10.2 Å². The number of amides is 1. The first kappa shape index (κ1) is 22.9. The van der Waals surface area contributed by atoms with E-state index in [1.165, 1.54) is 4.90 Å². The molecule has 9 nitrogen and oxygen atoms in total. The second-order valence-electron chi connectivity index (χ2n) is 7.75. The van der Waals surface area contributed by atoms with Gasteiger partial charge in [0.25, 0.3) is 0 Å². The molecule has 0 spiro atoms. The number of H-pyrrole nitrogens is 1. The van der Waals surface area contributed by atoms with Gasteiger partial charge in [0.2, 0.25) is 5.82 Å². The number of hydrogen-bond donors (Lipinski definition) is 2. The van der Waals surface area contributed by atoms with Crippen LogP contribution in [-0.2, 0) is 16.1 Å². The van der Waals surface area contributed by atoms with E-state index in [1.807, 2.05) is 55.5 Å². The molecule has 3 aromatic rings. The number of nitrogens with zero attached hydrogens (tertiary/aromatic N) is 4. The van der Waals surface area contributed by atoms with Gasteiger partial charge in [0, 0.05) is 12.1 Å². The number of nitrogens with one attached hydrogen (secondary N) is 1. The summed E-state index contributed by atoms with van der Waals surface area (Å²) in [6.07, 6.45) is 0.0347. The van der Waals surface area contributed by atoms with Gasteiger partial charge in [-0.25, -0.2) is 9.59 Å². The summed E-state index contributed by atoms with van der Waals surface area (Å²) in [5.74, 6) is -0.836. The maximum Gasteiger partial charge on any atom is 0.410 e. The third-order valence-corrected chi connectivity index (χ3v) is 5.02. The molecule has 0 unspecified atom stereocenters. The highest BCUT2D eigenvalue weighted by atomic mass is 16.6. The fourth-order valence-electron chi connectivity index (χ4n) is 3.52. The first-order valence-electron chi connectivity index (χ1n) is 10.5. The minimum absolute atomic E-state index is 0.129. The largest absolute Gasteiger partial charge is 0.480 e. The van der Waals surface area contributed by atoms with E-state index in [-0.39, 0.29) is 19.1 Å². The molecule has 1 aromatic heterocycles. The van der Waals surface area contributed by atoms with Crippen LogP contribution in [0.4, 0.5) is 4.79 Å². The second-order valence-corrected chi connectivity index (χ2v) is 7.75. The van der Waals surface area contributed by atoms with Crippen molar-refractivity contribution < 1.29 is 19.4 Å². The van der Waals surface area contributed by atoms with Crippen molar-refractivity contribution in [2.75, 3.05) is 6.61 Å². The molecule has 1 amide bonds. The molecule has 0 fully saturated rings. The highest BCUT2D eigenvalue weighted by Gasteiger charge is 2.33. The first-order valence-corrected chi connectivity index (χ1v) is 10.5. The van der Waals surface area contributed by atoms with Crippen LogP contribution in [0.25, 0.3) is 22.5 Å². The molecule has 2 aromatic carbocycles. The third-order valence-electron chi connectivity index (χ3n) is 5.02. The molecule has 9 heteroatoms. The maximum absolute atomic E-state index is 12.6. The number of tetrazole rings is 1. The molecule has 168 valence electrons. The van der Waals surface area contributed by atoms with Crippen molar-refractivity contribution in [3.63, 3.8) is 0 Å². The van der Waals surface area contributed by atoms with Gasteiger partial charge in [-0.2, -0.15) is 5.21 Å². The number of carbonyl (C=O) groups excluding carboxylic acids is 1. The Hall–Kier alpha value is -3.75. The van der Waals surface area contributed by atoms with Crippen molar-refractivity contribution in [1.82, 2.24) is 25.5 Å². The quantitative estimate of drug-likeness (QED) is 0.519. The monoisotopic (exact) mass is 437 g/mol. The number of hydrogen-bond acceptors (Lipinski definition) is 6. The summed E-state index contributed by atoms with van der Waals surface area (Å²) in [5.41, 5.74) is 3.51. The average Bonchev–Trinajstić information content (AvgIpc) is 3.32. The number of ether oxygens (including phenoxy) is 1. The molecule has 0 radical (unpaired) electrons. The highest BCUT2D eigenvalue weighted by Crippen LogP contribution is 2.30. The Balaban J connectivity index is 1.87. The summed E-state index contributed by atoms with van der Waals surface area (Å²) >= 11 is 0.